The fraction of sp³-hybridized carbons (Fsp3) is 0.263. The first kappa shape index (κ1) is 18.0. The molecule has 1 saturated carbocycles. The van der Waals surface area contributed by atoms with E-state index in [4.69, 9.17) is 0 Å². The van der Waals surface area contributed by atoms with E-state index in [2.05, 4.69) is 10.6 Å². The minimum atomic E-state index is -4.40. The van der Waals surface area contributed by atoms with E-state index in [0.717, 1.165) is 25.0 Å². The van der Waals surface area contributed by atoms with Gasteiger partial charge in [-0.2, -0.15) is 13.2 Å². The molecule has 0 spiro atoms. The van der Waals surface area contributed by atoms with E-state index in [1.54, 1.807) is 24.3 Å². The summed E-state index contributed by atoms with van der Waals surface area (Å²) in [4.78, 5) is 24.1. The molecule has 1 aliphatic carbocycles. The number of hydrogen-bond acceptors (Lipinski definition) is 2. The number of carbonyl (C=O) groups excluding carboxylic acids is 2. The summed E-state index contributed by atoms with van der Waals surface area (Å²) in [6.45, 7) is 0. The number of halogens is 3. The highest BCUT2D eigenvalue weighted by atomic mass is 19.4. The maximum Gasteiger partial charge on any atom is 0.416 e. The van der Waals surface area contributed by atoms with Crippen LogP contribution in [0.3, 0.4) is 0 Å². The summed E-state index contributed by atoms with van der Waals surface area (Å²) >= 11 is 0. The first-order valence-electron chi connectivity index (χ1n) is 8.18. The van der Waals surface area contributed by atoms with Crippen LogP contribution in [0, 0.1) is 0 Å². The number of nitrogens with one attached hydrogen (secondary N) is 2. The maximum absolute atomic E-state index is 12.5. The monoisotopic (exact) mass is 362 g/mol. The largest absolute Gasteiger partial charge is 0.416 e. The lowest BCUT2D eigenvalue weighted by Crippen LogP contribution is -2.25. The molecule has 0 saturated heterocycles. The molecule has 2 aromatic rings. The highest BCUT2D eigenvalue weighted by molar-refractivity contribution is 5.97. The Bertz CT molecular complexity index is 812. The zero-order valence-electron chi connectivity index (χ0n) is 13.8. The van der Waals surface area contributed by atoms with Gasteiger partial charge in [0, 0.05) is 17.3 Å². The van der Waals surface area contributed by atoms with Crippen molar-refractivity contribution in [1.29, 1.82) is 0 Å². The van der Waals surface area contributed by atoms with Crippen LogP contribution in [0.5, 0.6) is 0 Å². The summed E-state index contributed by atoms with van der Waals surface area (Å²) in [5.74, 6) is -0.559. The van der Waals surface area contributed by atoms with Crippen LogP contribution in [-0.2, 0) is 17.4 Å². The first-order valence-corrected chi connectivity index (χ1v) is 8.18. The molecule has 0 radical (unpaired) electrons. The van der Waals surface area contributed by atoms with Gasteiger partial charge in [0.25, 0.3) is 5.91 Å². The summed E-state index contributed by atoms with van der Waals surface area (Å²) in [6, 6.07) is 11.2. The normalized spacial score (nSPS) is 14.0. The van der Waals surface area contributed by atoms with E-state index in [9.17, 15) is 22.8 Å². The molecular formula is C19H17F3N2O2. The Balaban J connectivity index is 1.60. The number of anilines is 1. The Hall–Kier alpha value is -2.83. The van der Waals surface area contributed by atoms with Crippen molar-refractivity contribution in [2.75, 3.05) is 5.32 Å². The zero-order chi connectivity index (χ0) is 18.7. The Kier molecular flexibility index (Phi) is 4.97. The van der Waals surface area contributed by atoms with Crippen LogP contribution in [0.1, 0.15) is 34.3 Å². The molecule has 0 bridgehead atoms. The quantitative estimate of drug-likeness (QED) is 0.851. The van der Waals surface area contributed by atoms with E-state index in [1.165, 1.54) is 12.1 Å². The Morgan fingerprint density at radius 1 is 1.04 bits per heavy atom. The Morgan fingerprint density at radius 3 is 2.35 bits per heavy atom. The average molecular weight is 362 g/mol. The molecule has 4 nitrogen and oxygen atoms in total. The number of hydrogen-bond donors (Lipinski definition) is 2. The van der Waals surface area contributed by atoms with Crippen molar-refractivity contribution in [2.24, 2.45) is 0 Å². The molecule has 26 heavy (non-hydrogen) atoms. The lowest BCUT2D eigenvalue weighted by Gasteiger charge is -2.09. The van der Waals surface area contributed by atoms with Gasteiger partial charge >= 0.3 is 6.18 Å². The third kappa shape index (κ3) is 4.84. The molecule has 2 amide bonds. The van der Waals surface area contributed by atoms with Gasteiger partial charge in [-0.3, -0.25) is 9.59 Å². The van der Waals surface area contributed by atoms with Gasteiger partial charge in [0.05, 0.1) is 12.0 Å². The fourth-order valence-corrected chi connectivity index (χ4v) is 2.44. The van der Waals surface area contributed by atoms with Crippen molar-refractivity contribution in [3.8, 4) is 0 Å². The first-order chi connectivity index (χ1) is 12.3. The molecule has 1 fully saturated rings. The van der Waals surface area contributed by atoms with Crippen molar-refractivity contribution in [1.82, 2.24) is 5.32 Å². The molecule has 0 unspecified atom stereocenters. The molecule has 0 aliphatic heterocycles. The van der Waals surface area contributed by atoms with Crippen molar-refractivity contribution in [3.63, 3.8) is 0 Å². The van der Waals surface area contributed by atoms with Crippen LogP contribution < -0.4 is 10.6 Å². The van der Waals surface area contributed by atoms with Gasteiger partial charge in [-0.05, 0) is 48.7 Å². The van der Waals surface area contributed by atoms with Gasteiger partial charge in [-0.25, -0.2) is 0 Å². The second kappa shape index (κ2) is 7.19. The summed E-state index contributed by atoms with van der Waals surface area (Å²) in [5, 5.41) is 5.52. The van der Waals surface area contributed by atoms with Gasteiger partial charge in [0.2, 0.25) is 5.91 Å². The third-order valence-electron chi connectivity index (χ3n) is 3.97. The molecule has 2 aromatic carbocycles. The molecule has 0 aromatic heterocycles. The minimum absolute atomic E-state index is 0.0589. The number of alkyl halides is 3. The predicted molar refractivity (Wildman–Crippen MR) is 90.7 cm³/mol. The third-order valence-corrected chi connectivity index (χ3v) is 3.97. The second-order valence-corrected chi connectivity index (χ2v) is 6.25. The molecule has 3 rings (SSSR count). The van der Waals surface area contributed by atoms with E-state index in [0.29, 0.717) is 16.8 Å². The number of carbonyl (C=O) groups is 2. The van der Waals surface area contributed by atoms with E-state index >= 15 is 0 Å². The lowest BCUT2D eigenvalue weighted by atomic mass is 10.1. The Morgan fingerprint density at radius 2 is 1.73 bits per heavy atom. The van der Waals surface area contributed by atoms with Crippen LogP contribution in [0.25, 0.3) is 0 Å². The van der Waals surface area contributed by atoms with Crippen molar-refractivity contribution in [2.45, 2.75) is 31.5 Å². The zero-order valence-corrected chi connectivity index (χ0v) is 13.8. The summed E-state index contributed by atoms with van der Waals surface area (Å²) in [5.41, 5.74) is 0.628. The molecular weight excluding hydrogens is 345 g/mol. The molecule has 1 aliphatic rings. The van der Waals surface area contributed by atoms with Crippen molar-refractivity contribution < 1.29 is 22.8 Å². The fourth-order valence-electron chi connectivity index (χ4n) is 2.44. The van der Waals surface area contributed by atoms with Crippen LogP contribution >= 0.6 is 0 Å². The molecule has 7 heteroatoms. The Labute approximate surface area is 148 Å². The number of amides is 2. The lowest BCUT2D eigenvalue weighted by molar-refractivity contribution is -0.137. The predicted octanol–water partition coefficient (Wildman–Crippen LogP) is 3.78. The summed E-state index contributed by atoms with van der Waals surface area (Å²) < 4.78 is 37.6. The standard InChI is InChI=1S/C19H17F3N2O2/c20-19(21,22)14-6-4-12(5-7-14)10-17(25)23-16-3-1-2-13(11-16)18(26)24-15-8-9-15/h1-7,11,15H,8-10H2,(H,23,25)(H,24,26). The highest BCUT2D eigenvalue weighted by Crippen LogP contribution is 2.29. The highest BCUT2D eigenvalue weighted by Gasteiger charge is 2.30. The van der Waals surface area contributed by atoms with Gasteiger partial charge in [0.1, 0.15) is 0 Å². The van der Waals surface area contributed by atoms with Gasteiger partial charge in [0.15, 0.2) is 0 Å². The van der Waals surface area contributed by atoms with Crippen molar-refractivity contribution >= 4 is 17.5 Å². The molecule has 2 N–H and O–H groups in total. The van der Waals surface area contributed by atoms with E-state index < -0.39 is 11.7 Å². The summed E-state index contributed by atoms with van der Waals surface area (Å²) in [7, 11) is 0. The average Bonchev–Trinajstić information content (AvgIpc) is 3.38. The second-order valence-electron chi connectivity index (χ2n) is 6.25. The van der Waals surface area contributed by atoms with E-state index in [1.807, 2.05) is 0 Å². The van der Waals surface area contributed by atoms with Gasteiger partial charge in [-0.15, -0.1) is 0 Å². The van der Waals surface area contributed by atoms with Gasteiger partial charge < -0.3 is 10.6 Å². The van der Waals surface area contributed by atoms with Gasteiger partial charge in [-0.1, -0.05) is 18.2 Å². The summed E-state index contributed by atoms with van der Waals surface area (Å²) in [6.07, 6.45) is -2.50. The minimum Gasteiger partial charge on any atom is -0.349 e. The van der Waals surface area contributed by atoms with Crippen LogP contribution in [0.2, 0.25) is 0 Å². The topological polar surface area (TPSA) is 58.2 Å². The SMILES string of the molecule is O=C(Cc1ccc(C(F)(F)F)cc1)Nc1cccc(C(=O)NC2CC2)c1. The molecule has 136 valence electrons. The van der Waals surface area contributed by atoms with Crippen LogP contribution in [-0.4, -0.2) is 17.9 Å². The smallest absolute Gasteiger partial charge is 0.349 e. The van der Waals surface area contributed by atoms with Crippen LogP contribution in [0.15, 0.2) is 48.5 Å². The molecule has 0 atom stereocenters. The van der Waals surface area contributed by atoms with Crippen molar-refractivity contribution in [3.05, 3.63) is 65.2 Å². The number of benzene rings is 2. The molecule has 0 heterocycles. The maximum atomic E-state index is 12.5. The number of rotatable bonds is 5. The van der Waals surface area contributed by atoms with Crippen LogP contribution in [0.4, 0.5) is 18.9 Å². The van der Waals surface area contributed by atoms with E-state index in [-0.39, 0.29) is 24.3 Å².